The summed E-state index contributed by atoms with van der Waals surface area (Å²) in [5.74, 6) is -2.89. The van der Waals surface area contributed by atoms with E-state index in [1.807, 2.05) is 0 Å². The number of anilines is 2. The van der Waals surface area contributed by atoms with Gasteiger partial charge in [0.15, 0.2) is 4.90 Å². The number of amides is 1. The van der Waals surface area contributed by atoms with E-state index >= 15 is 0 Å². The standard InChI is InChI=1S/C23H18F2N4O5S/c24-17-5-3-6-18(25)21(17)35(33,34)28-15-10-8-14(9-11-15)26-20(30)12-13-29-19-7-2-1-4-16(19)22(31)27-23(29)32/h1-11,28H,12-13H2,(H,26,30)(H,27,31,32). The van der Waals surface area contributed by atoms with Crippen molar-refractivity contribution in [3.8, 4) is 0 Å². The number of nitrogens with one attached hydrogen (secondary N) is 3. The fourth-order valence-electron chi connectivity index (χ4n) is 3.47. The molecule has 0 aliphatic rings. The Kier molecular flexibility index (Phi) is 6.47. The van der Waals surface area contributed by atoms with Crippen LogP contribution in [0.4, 0.5) is 20.2 Å². The second kappa shape index (κ2) is 9.50. The Morgan fingerprint density at radius 1 is 0.886 bits per heavy atom. The summed E-state index contributed by atoms with van der Waals surface area (Å²) in [6.07, 6.45) is -0.0864. The van der Waals surface area contributed by atoms with Crippen LogP contribution in [0.3, 0.4) is 0 Å². The number of sulfonamides is 1. The van der Waals surface area contributed by atoms with Gasteiger partial charge in [-0.2, -0.15) is 0 Å². The molecule has 9 nitrogen and oxygen atoms in total. The molecule has 0 saturated carbocycles. The Hall–Kier alpha value is -4.32. The molecule has 0 aliphatic heterocycles. The van der Waals surface area contributed by atoms with Crippen LogP contribution >= 0.6 is 0 Å². The second-order valence-electron chi connectivity index (χ2n) is 7.46. The number of rotatable bonds is 7. The molecule has 3 N–H and O–H groups in total. The number of aryl methyl sites for hydroxylation is 1. The number of H-pyrrole nitrogens is 1. The zero-order chi connectivity index (χ0) is 25.2. The maximum Gasteiger partial charge on any atom is 0.328 e. The first-order valence-corrected chi connectivity index (χ1v) is 11.7. The maximum absolute atomic E-state index is 13.8. The van der Waals surface area contributed by atoms with Crippen LogP contribution in [0.15, 0.2) is 81.2 Å². The molecule has 4 rings (SSSR count). The van der Waals surface area contributed by atoms with Gasteiger partial charge in [-0.15, -0.1) is 0 Å². The van der Waals surface area contributed by atoms with Crippen molar-refractivity contribution in [2.24, 2.45) is 0 Å². The third kappa shape index (κ3) is 5.11. The van der Waals surface area contributed by atoms with Crippen molar-refractivity contribution in [2.45, 2.75) is 17.9 Å². The smallest absolute Gasteiger partial charge is 0.326 e. The zero-order valence-corrected chi connectivity index (χ0v) is 18.7. The first kappa shape index (κ1) is 23.8. The molecular formula is C23H18F2N4O5S. The van der Waals surface area contributed by atoms with Crippen LogP contribution in [0, 0.1) is 11.6 Å². The van der Waals surface area contributed by atoms with Crippen molar-refractivity contribution in [2.75, 3.05) is 10.0 Å². The summed E-state index contributed by atoms with van der Waals surface area (Å²) in [7, 11) is -4.52. The average Bonchev–Trinajstić information content (AvgIpc) is 2.80. The van der Waals surface area contributed by atoms with Crippen LogP contribution in [-0.4, -0.2) is 23.9 Å². The summed E-state index contributed by atoms with van der Waals surface area (Å²) in [5.41, 5.74) is -0.397. The van der Waals surface area contributed by atoms with E-state index < -0.39 is 43.7 Å². The number of fused-ring (bicyclic) bond motifs is 1. The van der Waals surface area contributed by atoms with E-state index in [2.05, 4.69) is 15.0 Å². The van der Waals surface area contributed by atoms with Crippen LogP contribution in [0.5, 0.6) is 0 Å². The largest absolute Gasteiger partial charge is 0.328 e. The summed E-state index contributed by atoms with van der Waals surface area (Å²) in [4.78, 5) is 37.6. The molecular weight excluding hydrogens is 482 g/mol. The number of benzene rings is 3. The Bertz CT molecular complexity index is 1630. The summed E-state index contributed by atoms with van der Waals surface area (Å²) >= 11 is 0. The van der Waals surface area contributed by atoms with Crippen molar-refractivity contribution >= 4 is 38.2 Å². The highest BCUT2D eigenvalue weighted by atomic mass is 32.2. The molecule has 0 bridgehead atoms. The van der Waals surface area contributed by atoms with Crippen LogP contribution in [0.2, 0.25) is 0 Å². The molecule has 0 fully saturated rings. The van der Waals surface area contributed by atoms with Crippen molar-refractivity contribution in [3.63, 3.8) is 0 Å². The van der Waals surface area contributed by atoms with Gasteiger partial charge in [-0.25, -0.2) is 22.0 Å². The Labute approximate surface area is 197 Å². The fraction of sp³-hybridized carbons (Fsp3) is 0.0870. The van der Waals surface area contributed by atoms with Gasteiger partial charge in [0.2, 0.25) is 5.91 Å². The third-order valence-corrected chi connectivity index (χ3v) is 6.51. The SMILES string of the molecule is O=C(CCn1c(=O)[nH]c(=O)c2ccccc21)Nc1ccc(NS(=O)(=O)c2c(F)cccc2F)cc1. The fourth-order valence-corrected chi connectivity index (χ4v) is 4.67. The van der Waals surface area contributed by atoms with E-state index in [9.17, 15) is 31.6 Å². The minimum Gasteiger partial charge on any atom is -0.326 e. The monoisotopic (exact) mass is 500 g/mol. The van der Waals surface area contributed by atoms with Gasteiger partial charge < -0.3 is 5.32 Å². The van der Waals surface area contributed by atoms with Crippen LogP contribution in [0.1, 0.15) is 6.42 Å². The Morgan fingerprint density at radius 2 is 1.51 bits per heavy atom. The number of hydrogen-bond acceptors (Lipinski definition) is 5. The molecule has 3 aromatic carbocycles. The molecule has 180 valence electrons. The van der Waals surface area contributed by atoms with Gasteiger partial charge in [-0.3, -0.25) is 23.9 Å². The number of para-hydroxylation sites is 1. The van der Waals surface area contributed by atoms with Gasteiger partial charge in [0.25, 0.3) is 15.6 Å². The topological polar surface area (TPSA) is 130 Å². The van der Waals surface area contributed by atoms with Gasteiger partial charge >= 0.3 is 5.69 Å². The molecule has 0 atom stereocenters. The molecule has 1 amide bonds. The quantitative estimate of drug-likeness (QED) is 0.359. The van der Waals surface area contributed by atoms with Crippen molar-refractivity contribution < 1.29 is 22.0 Å². The van der Waals surface area contributed by atoms with Gasteiger partial charge in [0.05, 0.1) is 10.9 Å². The Morgan fingerprint density at radius 3 is 2.20 bits per heavy atom. The van der Waals surface area contributed by atoms with Gasteiger partial charge in [-0.05, 0) is 48.5 Å². The lowest BCUT2D eigenvalue weighted by Crippen LogP contribution is -2.31. The summed E-state index contributed by atoms with van der Waals surface area (Å²) < 4.78 is 55.8. The lowest BCUT2D eigenvalue weighted by molar-refractivity contribution is -0.116. The highest BCUT2D eigenvalue weighted by molar-refractivity contribution is 7.92. The number of aromatic nitrogens is 2. The third-order valence-electron chi connectivity index (χ3n) is 5.08. The highest BCUT2D eigenvalue weighted by Crippen LogP contribution is 2.22. The van der Waals surface area contributed by atoms with E-state index in [0.29, 0.717) is 16.6 Å². The molecule has 0 unspecified atom stereocenters. The molecule has 35 heavy (non-hydrogen) atoms. The van der Waals surface area contributed by atoms with Crippen LogP contribution in [0.25, 0.3) is 10.9 Å². The molecule has 1 aromatic heterocycles. The normalized spacial score (nSPS) is 11.4. The van der Waals surface area contributed by atoms with E-state index in [0.717, 1.165) is 18.2 Å². The minimum absolute atomic E-state index is 0.00798. The van der Waals surface area contributed by atoms with Crippen molar-refractivity contribution in [3.05, 3.63) is 99.2 Å². The molecule has 0 spiro atoms. The van der Waals surface area contributed by atoms with Gasteiger partial charge in [0.1, 0.15) is 11.6 Å². The minimum atomic E-state index is -4.52. The van der Waals surface area contributed by atoms with Gasteiger partial charge in [-0.1, -0.05) is 18.2 Å². The number of aromatic amines is 1. The molecule has 0 aliphatic carbocycles. The van der Waals surface area contributed by atoms with Crippen molar-refractivity contribution in [1.82, 2.24) is 9.55 Å². The highest BCUT2D eigenvalue weighted by Gasteiger charge is 2.23. The predicted octanol–water partition coefficient (Wildman–Crippen LogP) is 2.80. The van der Waals surface area contributed by atoms with Gasteiger partial charge in [0, 0.05) is 24.3 Å². The van der Waals surface area contributed by atoms with E-state index in [1.54, 1.807) is 24.3 Å². The summed E-state index contributed by atoms with van der Waals surface area (Å²) in [6.45, 7) is 0.00798. The molecule has 4 aromatic rings. The zero-order valence-electron chi connectivity index (χ0n) is 17.9. The van der Waals surface area contributed by atoms with E-state index in [1.165, 1.54) is 28.8 Å². The average molecular weight is 500 g/mol. The summed E-state index contributed by atoms with van der Waals surface area (Å²) in [5, 5.41) is 2.93. The predicted molar refractivity (Wildman–Crippen MR) is 126 cm³/mol. The number of hydrogen-bond donors (Lipinski definition) is 3. The van der Waals surface area contributed by atoms with Crippen molar-refractivity contribution in [1.29, 1.82) is 0 Å². The Balaban J connectivity index is 1.43. The first-order valence-electron chi connectivity index (χ1n) is 10.2. The lowest BCUT2D eigenvalue weighted by atomic mass is 10.2. The summed E-state index contributed by atoms with van der Waals surface area (Å²) in [6, 6.07) is 14.7. The maximum atomic E-state index is 13.8. The van der Waals surface area contributed by atoms with Crippen LogP contribution in [-0.2, 0) is 21.4 Å². The molecule has 12 heteroatoms. The number of carbonyl (C=O) groups is 1. The lowest BCUT2D eigenvalue weighted by Gasteiger charge is -2.11. The molecule has 0 saturated heterocycles. The second-order valence-corrected chi connectivity index (χ2v) is 9.08. The van der Waals surface area contributed by atoms with E-state index in [4.69, 9.17) is 0 Å². The first-order chi connectivity index (χ1) is 16.7. The molecule has 1 heterocycles. The number of carbonyl (C=O) groups excluding carboxylic acids is 1. The van der Waals surface area contributed by atoms with Crippen LogP contribution < -0.4 is 21.3 Å². The van der Waals surface area contributed by atoms with E-state index in [-0.39, 0.29) is 18.7 Å². The molecule has 0 radical (unpaired) electrons. The number of halogens is 2. The number of nitrogens with zero attached hydrogens (tertiary/aromatic N) is 1.